The molecule has 110 valence electrons. The molecule has 0 unspecified atom stereocenters. The van der Waals surface area contributed by atoms with E-state index in [-0.39, 0.29) is 0 Å². The minimum atomic E-state index is 0.298. The highest BCUT2D eigenvalue weighted by molar-refractivity contribution is 7.98. The number of piperidine rings is 1. The fourth-order valence-electron chi connectivity index (χ4n) is 2.28. The minimum Gasteiger partial charge on any atom is -0.343 e. The number of thioether (sulfide) groups is 1. The van der Waals surface area contributed by atoms with E-state index in [1.807, 2.05) is 23.1 Å². The Morgan fingerprint density at radius 3 is 2.60 bits per heavy atom. The van der Waals surface area contributed by atoms with Crippen LogP contribution in [0.2, 0.25) is 10.0 Å². The largest absolute Gasteiger partial charge is 0.343 e. The highest BCUT2D eigenvalue weighted by Gasteiger charge is 2.15. The van der Waals surface area contributed by atoms with E-state index in [0.717, 1.165) is 43.0 Å². The van der Waals surface area contributed by atoms with Crippen molar-refractivity contribution in [3.05, 3.63) is 33.8 Å². The van der Waals surface area contributed by atoms with Crippen molar-refractivity contribution in [2.45, 2.75) is 31.4 Å². The molecule has 1 heterocycles. The first-order chi connectivity index (χ1) is 9.66. The standard InChI is InChI=1S/C15H19Cl2NOS/c16-13-5-4-12(10-14(13)17)11-20-9-6-15(19)18-7-2-1-3-8-18/h4-5,10H,1-3,6-9,11H2. The Labute approximate surface area is 134 Å². The van der Waals surface area contributed by atoms with Crippen molar-refractivity contribution in [2.75, 3.05) is 18.8 Å². The van der Waals surface area contributed by atoms with Gasteiger partial charge < -0.3 is 4.90 Å². The molecule has 0 atom stereocenters. The van der Waals surface area contributed by atoms with Crippen molar-refractivity contribution >= 4 is 40.9 Å². The predicted octanol–water partition coefficient (Wildman–Crippen LogP) is 4.63. The normalized spacial score (nSPS) is 15.4. The molecule has 1 aliphatic rings. The molecule has 1 aliphatic heterocycles. The molecule has 1 aromatic carbocycles. The second-order valence-electron chi connectivity index (χ2n) is 4.99. The molecule has 0 bridgehead atoms. The lowest BCUT2D eigenvalue weighted by Crippen LogP contribution is -2.35. The van der Waals surface area contributed by atoms with E-state index in [9.17, 15) is 4.79 Å². The average Bonchev–Trinajstić information content (AvgIpc) is 2.48. The summed E-state index contributed by atoms with van der Waals surface area (Å²) in [4.78, 5) is 14.0. The molecule has 1 fully saturated rings. The number of nitrogens with zero attached hydrogens (tertiary/aromatic N) is 1. The summed E-state index contributed by atoms with van der Waals surface area (Å²) >= 11 is 13.6. The van der Waals surface area contributed by atoms with Crippen LogP contribution in [-0.4, -0.2) is 29.6 Å². The van der Waals surface area contributed by atoms with Gasteiger partial charge in [-0.15, -0.1) is 0 Å². The maximum Gasteiger partial charge on any atom is 0.223 e. The summed E-state index contributed by atoms with van der Waals surface area (Å²) in [7, 11) is 0. The predicted molar refractivity (Wildman–Crippen MR) is 87.7 cm³/mol. The molecule has 0 aliphatic carbocycles. The van der Waals surface area contributed by atoms with E-state index >= 15 is 0 Å². The Morgan fingerprint density at radius 2 is 1.90 bits per heavy atom. The average molecular weight is 332 g/mol. The molecule has 0 spiro atoms. The first-order valence-electron chi connectivity index (χ1n) is 6.96. The third-order valence-corrected chi connectivity index (χ3v) is 5.19. The summed E-state index contributed by atoms with van der Waals surface area (Å²) < 4.78 is 0. The van der Waals surface area contributed by atoms with Crippen LogP contribution < -0.4 is 0 Å². The van der Waals surface area contributed by atoms with Crippen LogP contribution in [0.25, 0.3) is 0 Å². The van der Waals surface area contributed by atoms with Crippen LogP contribution in [0.15, 0.2) is 18.2 Å². The van der Waals surface area contributed by atoms with Crippen molar-refractivity contribution in [3.8, 4) is 0 Å². The number of carbonyl (C=O) groups is 1. The smallest absolute Gasteiger partial charge is 0.223 e. The first kappa shape index (κ1) is 16.0. The van der Waals surface area contributed by atoms with Gasteiger partial charge in [0.15, 0.2) is 0 Å². The fraction of sp³-hybridized carbons (Fsp3) is 0.533. The van der Waals surface area contributed by atoms with Gasteiger partial charge in [-0.1, -0.05) is 29.3 Å². The van der Waals surface area contributed by atoms with Crippen molar-refractivity contribution in [1.82, 2.24) is 4.90 Å². The minimum absolute atomic E-state index is 0.298. The zero-order chi connectivity index (χ0) is 14.4. The second-order valence-corrected chi connectivity index (χ2v) is 6.91. The van der Waals surface area contributed by atoms with Gasteiger partial charge in [0.05, 0.1) is 10.0 Å². The summed E-state index contributed by atoms with van der Waals surface area (Å²) in [6.45, 7) is 1.88. The van der Waals surface area contributed by atoms with Crippen LogP contribution in [0.1, 0.15) is 31.2 Å². The lowest BCUT2D eigenvalue weighted by Gasteiger charge is -2.26. The van der Waals surface area contributed by atoms with E-state index < -0.39 is 0 Å². The number of amides is 1. The van der Waals surface area contributed by atoms with Crippen LogP contribution in [0, 0.1) is 0 Å². The van der Waals surface area contributed by atoms with E-state index in [2.05, 4.69) is 0 Å². The Hall–Kier alpha value is -0.380. The van der Waals surface area contributed by atoms with Crippen LogP contribution in [0.5, 0.6) is 0 Å². The third-order valence-electron chi connectivity index (χ3n) is 3.42. The number of carbonyl (C=O) groups excluding carboxylic acids is 1. The summed E-state index contributed by atoms with van der Waals surface area (Å²) in [5.41, 5.74) is 1.15. The molecule has 2 nitrogen and oxygen atoms in total. The Morgan fingerprint density at radius 1 is 1.15 bits per heavy atom. The van der Waals surface area contributed by atoms with E-state index in [1.165, 1.54) is 6.42 Å². The zero-order valence-corrected chi connectivity index (χ0v) is 13.7. The lowest BCUT2D eigenvalue weighted by molar-refractivity contribution is -0.131. The number of likely N-dealkylation sites (tertiary alicyclic amines) is 1. The van der Waals surface area contributed by atoms with Gasteiger partial charge in [-0.2, -0.15) is 11.8 Å². The van der Waals surface area contributed by atoms with Gasteiger partial charge in [0.2, 0.25) is 5.91 Å². The zero-order valence-electron chi connectivity index (χ0n) is 11.4. The number of rotatable bonds is 5. The molecular weight excluding hydrogens is 313 g/mol. The van der Waals surface area contributed by atoms with Gasteiger partial charge in [-0.25, -0.2) is 0 Å². The van der Waals surface area contributed by atoms with Crippen molar-refractivity contribution in [1.29, 1.82) is 0 Å². The van der Waals surface area contributed by atoms with Crippen molar-refractivity contribution in [3.63, 3.8) is 0 Å². The summed E-state index contributed by atoms with van der Waals surface area (Å²) in [5.74, 6) is 2.02. The van der Waals surface area contributed by atoms with Crippen molar-refractivity contribution in [2.24, 2.45) is 0 Å². The quantitative estimate of drug-likeness (QED) is 0.733. The molecule has 1 aromatic rings. The van der Waals surface area contributed by atoms with E-state index in [1.54, 1.807) is 11.8 Å². The molecule has 1 amide bonds. The number of hydrogen-bond donors (Lipinski definition) is 0. The monoisotopic (exact) mass is 331 g/mol. The van der Waals surface area contributed by atoms with Gasteiger partial charge in [0.25, 0.3) is 0 Å². The number of halogens is 2. The van der Waals surface area contributed by atoms with Crippen LogP contribution in [-0.2, 0) is 10.5 Å². The van der Waals surface area contributed by atoms with E-state index in [4.69, 9.17) is 23.2 Å². The van der Waals surface area contributed by atoms with Gasteiger partial charge >= 0.3 is 0 Å². The molecule has 0 saturated carbocycles. The molecular formula is C15H19Cl2NOS. The Bertz CT molecular complexity index is 461. The van der Waals surface area contributed by atoms with Gasteiger partial charge in [-0.3, -0.25) is 4.79 Å². The number of benzene rings is 1. The van der Waals surface area contributed by atoms with Gasteiger partial charge in [0.1, 0.15) is 0 Å². The molecule has 0 radical (unpaired) electrons. The SMILES string of the molecule is O=C(CCSCc1ccc(Cl)c(Cl)c1)N1CCCCC1. The molecule has 5 heteroatoms. The fourth-order valence-corrected chi connectivity index (χ4v) is 3.48. The van der Waals surface area contributed by atoms with Gasteiger partial charge in [-0.05, 0) is 37.0 Å². The maximum atomic E-state index is 12.0. The molecule has 2 rings (SSSR count). The van der Waals surface area contributed by atoms with Gasteiger partial charge in [0, 0.05) is 31.0 Å². The molecule has 0 aromatic heterocycles. The first-order valence-corrected chi connectivity index (χ1v) is 8.87. The van der Waals surface area contributed by atoms with Crippen molar-refractivity contribution < 1.29 is 4.79 Å². The topological polar surface area (TPSA) is 20.3 Å². The number of hydrogen-bond acceptors (Lipinski definition) is 2. The lowest BCUT2D eigenvalue weighted by atomic mass is 10.1. The highest BCUT2D eigenvalue weighted by atomic mass is 35.5. The third kappa shape index (κ3) is 4.87. The maximum absolute atomic E-state index is 12.0. The Kier molecular flexibility index (Phi) is 6.53. The highest BCUT2D eigenvalue weighted by Crippen LogP contribution is 2.25. The van der Waals surface area contributed by atoms with Crippen LogP contribution >= 0.6 is 35.0 Å². The summed E-state index contributed by atoms with van der Waals surface area (Å²) in [6.07, 6.45) is 4.20. The Balaban J connectivity index is 1.68. The van der Waals surface area contributed by atoms with E-state index in [0.29, 0.717) is 22.4 Å². The second kappa shape index (κ2) is 8.16. The molecule has 20 heavy (non-hydrogen) atoms. The van der Waals surface area contributed by atoms with Crippen LogP contribution in [0.4, 0.5) is 0 Å². The molecule has 0 N–H and O–H groups in total. The molecule has 1 saturated heterocycles. The van der Waals surface area contributed by atoms with Crippen LogP contribution in [0.3, 0.4) is 0 Å². The summed E-state index contributed by atoms with van der Waals surface area (Å²) in [5, 5.41) is 1.18. The summed E-state index contributed by atoms with van der Waals surface area (Å²) in [6, 6.07) is 5.69.